The first-order valence-corrected chi connectivity index (χ1v) is 7.92. The van der Waals surface area contributed by atoms with E-state index in [4.69, 9.17) is 0 Å². The summed E-state index contributed by atoms with van der Waals surface area (Å²) < 4.78 is 5.13. The number of pyridine rings is 1. The molecular formula is C13H18N4S2. The Morgan fingerprint density at radius 3 is 2.84 bits per heavy atom. The molecule has 0 aromatic carbocycles. The van der Waals surface area contributed by atoms with Crippen molar-refractivity contribution >= 4 is 23.3 Å². The van der Waals surface area contributed by atoms with E-state index < -0.39 is 0 Å². The van der Waals surface area contributed by atoms with Gasteiger partial charge in [0.05, 0.1) is 0 Å². The summed E-state index contributed by atoms with van der Waals surface area (Å²) in [5.74, 6) is 0.825. The number of hydrogen-bond donors (Lipinski definition) is 1. The summed E-state index contributed by atoms with van der Waals surface area (Å²) in [4.78, 5) is 8.87. The summed E-state index contributed by atoms with van der Waals surface area (Å²) >= 11 is 3.01. The van der Waals surface area contributed by atoms with Gasteiger partial charge >= 0.3 is 0 Å². The SMILES string of the molecule is CCCNCc1cnc(Sc2nc(C)ns2)c(C)c1. The molecule has 0 fully saturated rings. The quantitative estimate of drug-likeness (QED) is 0.829. The molecule has 2 aromatic rings. The second kappa shape index (κ2) is 6.98. The maximum atomic E-state index is 4.52. The van der Waals surface area contributed by atoms with Gasteiger partial charge in [0.25, 0.3) is 0 Å². The van der Waals surface area contributed by atoms with E-state index in [1.54, 1.807) is 11.8 Å². The van der Waals surface area contributed by atoms with E-state index in [1.807, 2.05) is 13.1 Å². The van der Waals surface area contributed by atoms with Crippen LogP contribution in [-0.2, 0) is 6.54 Å². The van der Waals surface area contributed by atoms with Crippen molar-refractivity contribution < 1.29 is 0 Å². The lowest BCUT2D eigenvalue weighted by molar-refractivity contribution is 0.672. The molecule has 0 spiro atoms. The zero-order valence-electron chi connectivity index (χ0n) is 11.4. The normalized spacial score (nSPS) is 10.9. The van der Waals surface area contributed by atoms with Crippen LogP contribution in [0.1, 0.15) is 30.3 Å². The second-order valence-corrected chi connectivity index (χ2v) is 6.34. The fourth-order valence-electron chi connectivity index (χ4n) is 1.64. The maximum Gasteiger partial charge on any atom is 0.176 e. The predicted octanol–water partition coefficient (Wildman–Crippen LogP) is 3.20. The van der Waals surface area contributed by atoms with Gasteiger partial charge in [-0.3, -0.25) is 0 Å². The molecule has 0 saturated carbocycles. The monoisotopic (exact) mass is 294 g/mol. The van der Waals surface area contributed by atoms with Crippen molar-refractivity contribution in [3.05, 3.63) is 29.2 Å². The fourth-order valence-corrected chi connectivity index (χ4v) is 3.23. The average molecular weight is 294 g/mol. The molecule has 0 radical (unpaired) electrons. The maximum absolute atomic E-state index is 4.52. The van der Waals surface area contributed by atoms with Crippen molar-refractivity contribution in [3.8, 4) is 0 Å². The lowest BCUT2D eigenvalue weighted by Crippen LogP contribution is -2.14. The highest BCUT2D eigenvalue weighted by Crippen LogP contribution is 2.29. The van der Waals surface area contributed by atoms with Gasteiger partial charge in [-0.1, -0.05) is 13.0 Å². The van der Waals surface area contributed by atoms with Crippen molar-refractivity contribution in [3.63, 3.8) is 0 Å². The van der Waals surface area contributed by atoms with E-state index in [9.17, 15) is 0 Å². The van der Waals surface area contributed by atoms with Gasteiger partial charge in [-0.25, -0.2) is 9.97 Å². The van der Waals surface area contributed by atoms with Crippen molar-refractivity contribution in [2.45, 2.75) is 43.1 Å². The topological polar surface area (TPSA) is 50.7 Å². The zero-order chi connectivity index (χ0) is 13.7. The summed E-state index contributed by atoms with van der Waals surface area (Å²) in [6, 6.07) is 2.19. The van der Waals surface area contributed by atoms with Crippen LogP contribution in [0.5, 0.6) is 0 Å². The molecule has 2 rings (SSSR count). The number of hydrogen-bond acceptors (Lipinski definition) is 6. The predicted molar refractivity (Wildman–Crippen MR) is 79.7 cm³/mol. The standard InChI is InChI=1S/C13H18N4S2/c1-4-5-14-7-11-6-9(2)12(15-8-11)18-13-16-10(3)17-19-13/h6,8,14H,4-5,7H2,1-3H3. The molecule has 1 N–H and O–H groups in total. The summed E-state index contributed by atoms with van der Waals surface area (Å²) in [7, 11) is 0. The van der Waals surface area contributed by atoms with Crippen LogP contribution in [0, 0.1) is 13.8 Å². The Bertz CT molecular complexity index is 539. The lowest BCUT2D eigenvalue weighted by atomic mass is 10.2. The van der Waals surface area contributed by atoms with Gasteiger partial charge in [0.2, 0.25) is 0 Å². The average Bonchev–Trinajstić information content (AvgIpc) is 2.79. The lowest BCUT2D eigenvalue weighted by Gasteiger charge is -2.06. The molecule has 4 nitrogen and oxygen atoms in total. The third-order valence-electron chi connectivity index (χ3n) is 2.54. The van der Waals surface area contributed by atoms with Crippen LogP contribution in [0.2, 0.25) is 0 Å². The number of nitrogens with one attached hydrogen (secondary N) is 1. The van der Waals surface area contributed by atoms with Crippen LogP contribution >= 0.6 is 23.3 Å². The van der Waals surface area contributed by atoms with Gasteiger partial charge < -0.3 is 5.32 Å². The Hall–Kier alpha value is -0.980. The molecule has 0 amide bonds. The van der Waals surface area contributed by atoms with E-state index in [0.29, 0.717) is 0 Å². The smallest absolute Gasteiger partial charge is 0.176 e. The summed E-state index contributed by atoms with van der Waals surface area (Å²) in [5.41, 5.74) is 2.41. The molecular weight excluding hydrogens is 276 g/mol. The summed E-state index contributed by atoms with van der Waals surface area (Å²) in [5, 5.41) is 4.39. The van der Waals surface area contributed by atoms with Crippen LogP contribution in [0.25, 0.3) is 0 Å². The Balaban J connectivity index is 2.02. The molecule has 102 valence electrons. The molecule has 19 heavy (non-hydrogen) atoms. The number of aromatic nitrogens is 3. The molecule has 0 atom stereocenters. The van der Waals surface area contributed by atoms with Gasteiger partial charge in [-0.2, -0.15) is 4.37 Å². The highest BCUT2D eigenvalue weighted by molar-refractivity contribution is 8.00. The van der Waals surface area contributed by atoms with Crippen molar-refractivity contribution in [1.82, 2.24) is 19.7 Å². The van der Waals surface area contributed by atoms with Crippen molar-refractivity contribution in [1.29, 1.82) is 0 Å². The highest BCUT2D eigenvalue weighted by Gasteiger charge is 2.07. The molecule has 0 unspecified atom stereocenters. The summed E-state index contributed by atoms with van der Waals surface area (Å²) in [6.45, 7) is 8.08. The number of rotatable bonds is 6. The minimum atomic E-state index is 0.825. The first-order valence-electron chi connectivity index (χ1n) is 6.33. The van der Waals surface area contributed by atoms with Gasteiger partial charge in [0.15, 0.2) is 4.34 Å². The van der Waals surface area contributed by atoms with E-state index >= 15 is 0 Å². The van der Waals surface area contributed by atoms with Gasteiger partial charge in [0, 0.05) is 12.7 Å². The molecule has 0 bridgehead atoms. The molecule has 2 aromatic heterocycles. The minimum Gasteiger partial charge on any atom is -0.313 e. The molecule has 0 saturated heterocycles. The van der Waals surface area contributed by atoms with Crippen molar-refractivity contribution in [2.75, 3.05) is 6.54 Å². The molecule has 0 aliphatic carbocycles. The zero-order valence-corrected chi connectivity index (χ0v) is 13.1. The molecule has 6 heteroatoms. The number of nitrogens with zero attached hydrogens (tertiary/aromatic N) is 3. The first kappa shape index (κ1) is 14.4. The van der Waals surface area contributed by atoms with Crippen LogP contribution < -0.4 is 5.32 Å². The fraction of sp³-hybridized carbons (Fsp3) is 0.462. The Morgan fingerprint density at radius 1 is 1.37 bits per heavy atom. The third-order valence-corrected chi connectivity index (χ3v) is 4.50. The Labute approximate surface area is 122 Å². The van der Waals surface area contributed by atoms with Gasteiger partial charge in [-0.05, 0) is 61.2 Å². The van der Waals surface area contributed by atoms with E-state index in [-0.39, 0.29) is 0 Å². The molecule has 2 heterocycles. The van der Waals surface area contributed by atoms with E-state index in [2.05, 4.69) is 39.6 Å². The Morgan fingerprint density at radius 2 is 2.21 bits per heavy atom. The second-order valence-electron chi connectivity index (χ2n) is 4.35. The third kappa shape index (κ3) is 4.26. The van der Waals surface area contributed by atoms with Crippen molar-refractivity contribution in [2.24, 2.45) is 0 Å². The van der Waals surface area contributed by atoms with Crippen LogP contribution in [0.4, 0.5) is 0 Å². The summed E-state index contributed by atoms with van der Waals surface area (Å²) in [6.07, 6.45) is 3.09. The molecule has 0 aliphatic heterocycles. The largest absolute Gasteiger partial charge is 0.313 e. The van der Waals surface area contributed by atoms with Crippen LogP contribution in [-0.4, -0.2) is 20.9 Å². The van der Waals surface area contributed by atoms with Gasteiger partial charge in [0.1, 0.15) is 10.9 Å². The molecule has 0 aliphatic rings. The van der Waals surface area contributed by atoms with Gasteiger partial charge in [-0.15, -0.1) is 0 Å². The first-order chi connectivity index (χ1) is 9.19. The Kier molecular flexibility index (Phi) is 5.30. The van der Waals surface area contributed by atoms with E-state index in [1.165, 1.54) is 22.7 Å². The number of aryl methyl sites for hydroxylation is 2. The highest BCUT2D eigenvalue weighted by atomic mass is 32.2. The van der Waals surface area contributed by atoms with E-state index in [0.717, 1.165) is 34.7 Å². The van der Waals surface area contributed by atoms with Crippen LogP contribution in [0.3, 0.4) is 0 Å². The van der Waals surface area contributed by atoms with Crippen LogP contribution in [0.15, 0.2) is 21.6 Å². The minimum absolute atomic E-state index is 0.825.